The summed E-state index contributed by atoms with van der Waals surface area (Å²) in [6, 6.07) is 8.83. The largest absolute Gasteiger partial charge is 0.349 e. The Balaban J connectivity index is 1.87. The van der Waals surface area contributed by atoms with Gasteiger partial charge in [0, 0.05) is 34.7 Å². The van der Waals surface area contributed by atoms with Crippen LogP contribution in [0.25, 0.3) is 0 Å². The molecule has 0 radical (unpaired) electrons. The summed E-state index contributed by atoms with van der Waals surface area (Å²) in [5.41, 5.74) is 3.08. The summed E-state index contributed by atoms with van der Waals surface area (Å²) in [6.07, 6.45) is 3.63. The summed E-state index contributed by atoms with van der Waals surface area (Å²) < 4.78 is 0. The lowest BCUT2D eigenvalue weighted by Gasteiger charge is -2.22. The molecule has 0 amide bonds. The SMILES string of the molecule is CN(C)C(=NCCC1Cc2ccccc2C1)N(C)C. The molecule has 3 heteroatoms. The monoisotopic (exact) mass is 259 g/mol. The zero-order valence-electron chi connectivity index (χ0n) is 12.6. The van der Waals surface area contributed by atoms with E-state index in [0.29, 0.717) is 0 Å². The van der Waals surface area contributed by atoms with E-state index in [-0.39, 0.29) is 0 Å². The predicted molar refractivity (Wildman–Crippen MR) is 81.6 cm³/mol. The Bertz CT molecular complexity index is 414. The Morgan fingerprint density at radius 1 is 1.05 bits per heavy atom. The molecule has 0 saturated carbocycles. The minimum absolute atomic E-state index is 0.770. The number of guanidine groups is 1. The van der Waals surface area contributed by atoms with Gasteiger partial charge in [-0.1, -0.05) is 24.3 Å². The van der Waals surface area contributed by atoms with E-state index >= 15 is 0 Å². The maximum Gasteiger partial charge on any atom is 0.195 e. The molecule has 19 heavy (non-hydrogen) atoms. The highest BCUT2D eigenvalue weighted by Crippen LogP contribution is 2.28. The molecular formula is C16H25N3. The van der Waals surface area contributed by atoms with E-state index < -0.39 is 0 Å². The maximum atomic E-state index is 4.72. The van der Waals surface area contributed by atoms with Crippen molar-refractivity contribution in [2.24, 2.45) is 10.9 Å². The van der Waals surface area contributed by atoms with Crippen LogP contribution in [-0.4, -0.2) is 50.5 Å². The Morgan fingerprint density at radius 3 is 2.05 bits per heavy atom. The van der Waals surface area contributed by atoms with Crippen molar-refractivity contribution in [1.29, 1.82) is 0 Å². The van der Waals surface area contributed by atoms with Crippen molar-refractivity contribution < 1.29 is 0 Å². The summed E-state index contributed by atoms with van der Waals surface area (Å²) in [6.45, 7) is 0.921. The Kier molecular flexibility index (Phi) is 4.46. The van der Waals surface area contributed by atoms with Crippen molar-refractivity contribution in [2.45, 2.75) is 19.3 Å². The fraction of sp³-hybridized carbons (Fsp3) is 0.562. The van der Waals surface area contributed by atoms with Crippen molar-refractivity contribution in [2.75, 3.05) is 34.7 Å². The number of hydrogen-bond donors (Lipinski definition) is 0. The van der Waals surface area contributed by atoms with Gasteiger partial charge in [-0.2, -0.15) is 0 Å². The molecular weight excluding hydrogens is 234 g/mol. The topological polar surface area (TPSA) is 18.8 Å². The molecule has 0 saturated heterocycles. The molecule has 1 aliphatic rings. The molecule has 0 atom stereocenters. The van der Waals surface area contributed by atoms with Crippen LogP contribution in [0.4, 0.5) is 0 Å². The van der Waals surface area contributed by atoms with Gasteiger partial charge in [-0.05, 0) is 36.3 Å². The number of fused-ring (bicyclic) bond motifs is 1. The number of nitrogens with zero attached hydrogens (tertiary/aromatic N) is 3. The Hall–Kier alpha value is -1.51. The lowest BCUT2D eigenvalue weighted by Crippen LogP contribution is -2.35. The first-order chi connectivity index (χ1) is 9.08. The van der Waals surface area contributed by atoms with E-state index in [1.54, 1.807) is 0 Å². The van der Waals surface area contributed by atoms with Gasteiger partial charge in [-0.15, -0.1) is 0 Å². The van der Waals surface area contributed by atoms with E-state index in [2.05, 4.69) is 34.1 Å². The minimum Gasteiger partial charge on any atom is -0.349 e. The van der Waals surface area contributed by atoms with Crippen LogP contribution in [0, 0.1) is 5.92 Å². The second-order valence-electron chi connectivity index (χ2n) is 5.80. The van der Waals surface area contributed by atoms with Crippen LogP contribution >= 0.6 is 0 Å². The minimum atomic E-state index is 0.770. The van der Waals surface area contributed by atoms with Gasteiger partial charge < -0.3 is 9.80 Å². The summed E-state index contributed by atoms with van der Waals surface area (Å²) in [7, 11) is 8.18. The number of rotatable bonds is 3. The Morgan fingerprint density at radius 2 is 1.58 bits per heavy atom. The maximum absolute atomic E-state index is 4.72. The van der Waals surface area contributed by atoms with Gasteiger partial charge in [0.05, 0.1) is 0 Å². The molecule has 3 nitrogen and oxygen atoms in total. The first-order valence-electron chi connectivity index (χ1n) is 7.04. The number of aliphatic imine (C=N–C) groups is 1. The van der Waals surface area contributed by atoms with Crippen LogP contribution in [-0.2, 0) is 12.8 Å². The zero-order valence-corrected chi connectivity index (χ0v) is 12.6. The van der Waals surface area contributed by atoms with Gasteiger partial charge in [0.1, 0.15) is 0 Å². The molecule has 0 aromatic heterocycles. The molecule has 0 heterocycles. The van der Waals surface area contributed by atoms with Gasteiger partial charge in [-0.25, -0.2) is 0 Å². The van der Waals surface area contributed by atoms with Crippen LogP contribution in [0.15, 0.2) is 29.3 Å². The summed E-state index contributed by atoms with van der Waals surface area (Å²) in [5, 5.41) is 0. The highest BCUT2D eigenvalue weighted by Gasteiger charge is 2.20. The molecule has 0 N–H and O–H groups in total. The average molecular weight is 259 g/mol. The molecule has 0 aliphatic heterocycles. The lowest BCUT2D eigenvalue weighted by atomic mass is 10.0. The van der Waals surface area contributed by atoms with Gasteiger partial charge in [0.15, 0.2) is 5.96 Å². The van der Waals surface area contributed by atoms with E-state index in [1.807, 2.05) is 28.2 Å². The van der Waals surface area contributed by atoms with Gasteiger partial charge in [0.2, 0.25) is 0 Å². The fourth-order valence-corrected chi connectivity index (χ4v) is 2.88. The van der Waals surface area contributed by atoms with Crippen LogP contribution < -0.4 is 0 Å². The summed E-state index contributed by atoms with van der Waals surface area (Å²) in [4.78, 5) is 8.86. The number of hydrogen-bond acceptors (Lipinski definition) is 1. The van der Waals surface area contributed by atoms with Crippen LogP contribution in [0.1, 0.15) is 17.5 Å². The van der Waals surface area contributed by atoms with Crippen molar-refractivity contribution in [3.8, 4) is 0 Å². The van der Waals surface area contributed by atoms with Gasteiger partial charge >= 0.3 is 0 Å². The summed E-state index contributed by atoms with van der Waals surface area (Å²) >= 11 is 0. The van der Waals surface area contributed by atoms with Crippen LogP contribution in [0.5, 0.6) is 0 Å². The van der Waals surface area contributed by atoms with E-state index in [1.165, 1.54) is 30.4 Å². The van der Waals surface area contributed by atoms with Crippen LogP contribution in [0.3, 0.4) is 0 Å². The zero-order chi connectivity index (χ0) is 13.8. The van der Waals surface area contributed by atoms with Crippen molar-refractivity contribution >= 4 is 5.96 Å². The molecule has 1 aromatic carbocycles. The Labute approximate surface area is 116 Å². The highest BCUT2D eigenvalue weighted by molar-refractivity contribution is 5.79. The first-order valence-corrected chi connectivity index (χ1v) is 7.04. The van der Waals surface area contributed by atoms with Crippen molar-refractivity contribution in [3.05, 3.63) is 35.4 Å². The van der Waals surface area contributed by atoms with Gasteiger partial charge in [0.25, 0.3) is 0 Å². The van der Waals surface area contributed by atoms with E-state index in [0.717, 1.165) is 18.4 Å². The molecule has 2 rings (SSSR count). The third-order valence-corrected chi connectivity index (χ3v) is 3.73. The third kappa shape index (κ3) is 3.49. The molecule has 1 aliphatic carbocycles. The second-order valence-corrected chi connectivity index (χ2v) is 5.80. The molecule has 0 unspecified atom stereocenters. The smallest absolute Gasteiger partial charge is 0.195 e. The van der Waals surface area contributed by atoms with E-state index in [4.69, 9.17) is 4.99 Å². The fourth-order valence-electron chi connectivity index (χ4n) is 2.88. The predicted octanol–water partition coefficient (Wildman–Crippen LogP) is 2.27. The lowest BCUT2D eigenvalue weighted by molar-refractivity contribution is 0.470. The number of benzene rings is 1. The molecule has 104 valence electrons. The molecule has 0 spiro atoms. The highest BCUT2D eigenvalue weighted by atomic mass is 15.3. The van der Waals surface area contributed by atoms with Crippen molar-refractivity contribution in [3.63, 3.8) is 0 Å². The molecule has 0 fully saturated rings. The van der Waals surface area contributed by atoms with Crippen molar-refractivity contribution in [1.82, 2.24) is 9.80 Å². The van der Waals surface area contributed by atoms with E-state index in [9.17, 15) is 0 Å². The first kappa shape index (κ1) is 13.9. The summed E-state index contributed by atoms with van der Waals surface area (Å²) in [5.74, 6) is 1.82. The average Bonchev–Trinajstić information content (AvgIpc) is 2.76. The molecule has 1 aromatic rings. The normalized spacial score (nSPS) is 14.1. The van der Waals surface area contributed by atoms with Gasteiger partial charge in [-0.3, -0.25) is 4.99 Å². The second kappa shape index (κ2) is 6.09. The standard InChI is InChI=1S/C16H25N3/c1-18(2)16(19(3)4)17-10-9-13-11-14-7-5-6-8-15(14)12-13/h5-8,13H,9-12H2,1-4H3. The third-order valence-electron chi connectivity index (χ3n) is 3.73. The van der Waals surface area contributed by atoms with Crippen LogP contribution in [0.2, 0.25) is 0 Å². The molecule has 0 bridgehead atoms. The quantitative estimate of drug-likeness (QED) is 0.612.